The summed E-state index contributed by atoms with van der Waals surface area (Å²) >= 11 is 0. The van der Waals surface area contributed by atoms with Gasteiger partial charge in [0.15, 0.2) is 6.61 Å². The number of ether oxygens (including phenoxy) is 4. The quantitative estimate of drug-likeness (QED) is 0.475. The highest BCUT2D eigenvalue weighted by atomic mass is 16.5. The maximum atomic E-state index is 12.6. The molecule has 8 heteroatoms. The van der Waals surface area contributed by atoms with Crippen LogP contribution in [0.15, 0.2) is 66.7 Å². The van der Waals surface area contributed by atoms with Gasteiger partial charge in [-0.05, 0) is 67.1 Å². The third-order valence-corrected chi connectivity index (χ3v) is 5.43. The Morgan fingerprint density at radius 2 is 1.66 bits per heavy atom. The lowest BCUT2D eigenvalue weighted by Crippen LogP contribution is -2.41. The van der Waals surface area contributed by atoms with Gasteiger partial charge in [0.2, 0.25) is 5.91 Å². The number of hydrogen-bond acceptors (Lipinski definition) is 6. The number of fused-ring (bicyclic) bond motifs is 1. The molecule has 3 aromatic carbocycles. The second-order valence-corrected chi connectivity index (χ2v) is 7.84. The highest BCUT2D eigenvalue weighted by molar-refractivity contribution is 5.99. The van der Waals surface area contributed by atoms with Crippen molar-refractivity contribution in [2.24, 2.45) is 0 Å². The zero-order chi connectivity index (χ0) is 24.6. The van der Waals surface area contributed by atoms with E-state index >= 15 is 0 Å². The predicted octanol–water partition coefficient (Wildman–Crippen LogP) is 4.08. The van der Waals surface area contributed by atoms with E-state index in [1.807, 2.05) is 55.5 Å². The van der Waals surface area contributed by atoms with Crippen molar-refractivity contribution in [2.45, 2.75) is 13.3 Å². The number of rotatable bonds is 10. The van der Waals surface area contributed by atoms with E-state index in [2.05, 4.69) is 5.32 Å². The molecule has 0 saturated heterocycles. The smallest absolute Gasteiger partial charge is 0.265 e. The zero-order valence-corrected chi connectivity index (χ0v) is 19.8. The Morgan fingerprint density at radius 3 is 2.37 bits per heavy atom. The molecule has 35 heavy (non-hydrogen) atoms. The summed E-state index contributed by atoms with van der Waals surface area (Å²) in [6, 6.07) is 19.9. The Balaban J connectivity index is 1.38. The van der Waals surface area contributed by atoms with E-state index in [9.17, 15) is 9.59 Å². The van der Waals surface area contributed by atoms with Crippen molar-refractivity contribution in [1.29, 1.82) is 0 Å². The Kier molecular flexibility index (Phi) is 7.72. The minimum atomic E-state index is -0.173. The van der Waals surface area contributed by atoms with Crippen molar-refractivity contribution >= 4 is 23.2 Å². The lowest BCUT2D eigenvalue weighted by Gasteiger charge is -2.29. The Morgan fingerprint density at radius 1 is 0.971 bits per heavy atom. The van der Waals surface area contributed by atoms with E-state index in [-0.39, 0.29) is 24.8 Å². The van der Waals surface area contributed by atoms with Crippen molar-refractivity contribution < 1.29 is 28.5 Å². The topological polar surface area (TPSA) is 86.3 Å². The molecule has 8 nitrogen and oxygen atoms in total. The van der Waals surface area contributed by atoms with Gasteiger partial charge in [-0.25, -0.2) is 0 Å². The summed E-state index contributed by atoms with van der Waals surface area (Å²) in [4.78, 5) is 26.8. The number of carbonyl (C=O) groups is 2. The molecule has 0 atom stereocenters. The van der Waals surface area contributed by atoms with Crippen molar-refractivity contribution in [1.82, 2.24) is 0 Å². The second kappa shape index (κ2) is 11.3. The first-order chi connectivity index (χ1) is 17.1. The van der Waals surface area contributed by atoms with Crippen LogP contribution >= 0.6 is 0 Å². The van der Waals surface area contributed by atoms with E-state index in [0.717, 1.165) is 17.1 Å². The molecule has 1 heterocycles. The first-order valence-corrected chi connectivity index (χ1v) is 11.4. The summed E-state index contributed by atoms with van der Waals surface area (Å²) in [6.07, 6.45) is 0.221. The van der Waals surface area contributed by atoms with Crippen molar-refractivity contribution in [3.05, 3.63) is 72.3 Å². The molecule has 0 spiro atoms. The van der Waals surface area contributed by atoms with Crippen LogP contribution in [-0.4, -0.2) is 45.3 Å². The maximum Gasteiger partial charge on any atom is 0.265 e. The average Bonchev–Trinajstić information content (AvgIpc) is 2.87. The molecular formula is C27H28N2O6. The molecule has 0 aromatic heterocycles. The van der Waals surface area contributed by atoms with Gasteiger partial charge in [0, 0.05) is 5.69 Å². The van der Waals surface area contributed by atoms with Crippen molar-refractivity contribution in [3.63, 3.8) is 0 Å². The monoisotopic (exact) mass is 476 g/mol. The Hall–Kier alpha value is -4.20. The number of nitrogens with zero attached hydrogens (tertiary/aromatic N) is 1. The van der Waals surface area contributed by atoms with E-state index in [1.54, 1.807) is 30.2 Å². The van der Waals surface area contributed by atoms with Gasteiger partial charge in [-0.1, -0.05) is 12.1 Å². The predicted molar refractivity (Wildman–Crippen MR) is 133 cm³/mol. The number of anilines is 2. The number of hydrogen-bond donors (Lipinski definition) is 1. The van der Waals surface area contributed by atoms with Gasteiger partial charge in [-0.2, -0.15) is 0 Å². The molecule has 1 aliphatic rings. The standard InChI is InChI=1S/C27H28N2O6/c1-3-33-22-7-4-19(5-8-22)16-26(30)28-20-6-13-25-24(17-20)29(27(31)18-35-25)14-15-34-23-11-9-21(32-2)10-12-23/h4-13,17H,3,14-16,18H2,1-2H3,(H,28,30). The van der Waals surface area contributed by atoms with E-state index in [1.165, 1.54) is 0 Å². The van der Waals surface area contributed by atoms with Crippen molar-refractivity contribution in [3.8, 4) is 23.0 Å². The Labute approximate surface area is 204 Å². The molecule has 3 aromatic rings. The van der Waals surface area contributed by atoms with E-state index in [4.69, 9.17) is 18.9 Å². The number of amides is 2. The number of carbonyl (C=O) groups excluding carboxylic acids is 2. The molecule has 2 amide bonds. The minimum absolute atomic E-state index is 0.0427. The van der Waals surface area contributed by atoms with Gasteiger partial charge in [0.05, 0.1) is 32.4 Å². The fourth-order valence-corrected chi connectivity index (χ4v) is 3.71. The third kappa shape index (κ3) is 6.23. The molecule has 0 bridgehead atoms. The van der Waals surface area contributed by atoms with Crippen LogP contribution in [0.1, 0.15) is 12.5 Å². The van der Waals surface area contributed by atoms with Gasteiger partial charge in [0.1, 0.15) is 29.6 Å². The minimum Gasteiger partial charge on any atom is -0.497 e. The van der Waals surface area contributed by atoms with Crippen LogP contribution in [0.25, 0.3) is 0 Å². The van der Waals surface area contributed by atoms with Gasteiger partial charge >= 0.3 is 0 Å². The number of methoxy groups -OCH3 is 1. The van der Waals surface area contributed by atoms with Crippen LogP contribution < -0.4 is 29.2 Å². The highest BCUT2D eigenvalue weighted by Gasteiger charge is 2.26. The van der Waals surface area contributed by atoms with Crippen LogP contribution in [-0.2, 0) is 16.0 Å². The Bertz CT molecular complexity index is 1160. The van der Waals surface area contributed by atoms with Gasteiger partial charge in [-0.15, -0.1) is 0 Å². The largest absolute Gasteiger partial charge is 0.497 e. The molecule has 1 N–H and O–H groups in total. The van der Waals surface area contributed by atoms with Crippen LogP contribution in [0.2, 0.25) is 0 Å². The molecule has 0 saturated carbocycles. The molecule has 4 rings (SSSR count). The summed E-state index contributed by atoms with van der Waals surface area (Å²) in [6.45, 7) is 3.11. The first kappa shape index (κ1) is 23.9. The molecule has 0 unspecified atom stereocenters. The van der Waals surface area contributed by atoms with Gasteiger partial charge in [0.25, 0.3) is 5.91 Å². The molecule has 1 aliphatic heterocycles. The lowest BCUT2D eigenvalue weighted by atomic mass is 10.1. The summed E-state index contributed by atoms with van der Waals surface area (Å²) in [7, 11) is 1.61. The molecule has 0 aliphatic carbocycles. The summed E-state index contributed by atoms with van der Waals surface area (Å²) in [5.41, 5.74) is 2.05. The number of nitrogens with one attached hydrogen (secondary N) is 1. The van der Waals surface area contributed by atoms with Crippen LogP contribution in [0, 0.1) is 0 Å². The second-order valence-electron chi connectivity index (χ2n) is 7.84. The first-order valence-electron chi connectivity index (χ1n) is 11.4. The lowest BCUT2D eigenvalue weighted by molar-refractivity contribution is -0.121. The molecule has 0 fully saturated rings. The molecule has 182 valence electrons. The van der Waals surface area contributed by atoms with Crippen molar-refractivity contribution in [2.75, 3.05) is 43.7 Å². The van der Waals surface area contributed by atoms with Crippen LogP contribution in [0.3, 0.4) is 0 Å². The van der Waals surface area contributed by atoms with E-state index < -0.39 is 0 Å². The fourth-order valence-electron chi connectivity index (χ4n) is 3.71. The normalized spacial score (nSPS) is 12.4. The summed E-state index contributed by atoms with van der Waals surface area (Å²) in [5, 5.41) is 2.90. The van der Waals surface area contributed by atoms with Gasteiger partial charge < -0.3 is 29.2 Å². The summed E-state index contributed by atoms with van der Waals surface area (Å²) < 4.78 is 21.9. The summed E-state index contributed by atoms with van der Waals surface area (Å²) in [5.74, 6) is 2.44. The van der Waals surface area contributed by atoms with Crippen LogP contribution in [0.5, 0.6) is 23.0 Å². The van der Waals surface area contributed by atoms with Gasteiger partial charge in [-0.3, -0.25) is 9.59 Å². The third-order valence-electron chi connectivity index (χ3n) is 5.43. The average molecular weight is 477 g/mol. The highest BCUT2D eigenvalue weighted by Crippen LogP contribution is 2.34. The SMILES string of the molecule is CCOc1ccc(CC(=O)Nc2ccc3c(c2)N(CCOc2ccc(OC)cc2)C(=O)CO3)cc1. The molecule has 0 radical (unpaired) electrons. The van der Waals surface area contributed by atoms with Crippen LogP contribution in [0.4, 0.5) is 11.4 Å². The fraction of sp³-hybridized carbons (Fsp3) is 0.259. The number of benzene rings is 3. The maximum absolute atomic E-state index is 12.6. The molecular weight excluding hydrogens is 448 g/mol. The zero-order valence-electron chi connectivity index (χ0n) is 19.8. The van der Waals surface area contributed by atoms with E-state index in [0.29, 0.717) is 42.6 Å².